The van der Waals surface area contributed by atoms with Crippen LogP contribution < -0.4 is 10.6 Å². The molecule has 0 aliphatic heterocycles. The van der Waals surface area contributed by atoms with Crippen molar-refractivity contribution in [2.24, 2.45) is 11.3 Å². The first-order valence-electron chi connectivity index (χ1n) is 7.36. The number of carbonyl (C=O) groups is 1. The molecule has 1 aromatic rings. The van der Waals surface area contributed by atoms with Crippen LogP contribution >= 0.6 is 0 Å². The number of nitrogens with one attached hydrogen (secondary N) is 2. The van der Waals surface area contributed by atoms with Crippen molar-refractivity contribution in [1.82, 2.24) is 10.6 Å². The van der Waals surface area contributed by atoms with Crippen molar-refractivity contribution in [3.8, 4) is 0 Å². The molecule has 0 fully saturated rings. The highest BCUT2D eigenvalue weighted by Gasteiger charge is 2.35. The summed E-state index contributed by atoms with van der Waals surface area (Å²) in [6, 6.07) is 2.14. The molecule has 20 heavy (non-hydrogen) atoms. The van der Waals surface area contributed by atoms with Crippen LogP contribution in [0.5, 0.6) is 0 Å². The quantitative estimate of drug-likeness (QED) is 0.890. The maximum Gasteiger partial charge on any atom is 0.224 e. The van der Waals surface area contributed by atoms with E-state index in [2.05, 4.69) is 30.5 Å². The molecule has 4 heteroatoms. The van der Waals surface area contributed by atoms with E-state index in [1.54, 1.807) is 0 Å². The zero-order valence-electron chi connectivity index (χ0n) is 13.2. The summed E-state index contributed by atoms with van der Waals surface area (Å²) in [5.74, 6) is 2.04. The summed E-state index contributed by atoms with van der Waals surface area (Å²) in [6.45, 7) is 9.06. The van der Waals surface area contributed by atoms with Crippen LogP contribution in [0.15, 0.2) is 10.5 Å². The predicted molar refractivity (Wildman–Crippen MR) is 79.5 cm³/mol. The zero-order valence-corrected chi connectivity index (χ0v) is 13.2. The first kappa shape index (κ1) is 15.1. The lowest BCUT2D eigenvalue weighted by atomic mass is 9.74. The molecule has 2 N–H and O–H groups in total. The average molecular weight is 278 g/mol. The number of furan rings is 1. The number of amides is 1. The molecule has 1 aliphatic carbocycles. The molecule has 0 spiro atoms. The molecule has 1 heterocycles. The Kier molecular flexibility index (Phi) is 4.23. The van der Waals surface area contributed by atoms with Crippen LogP contribution in [0.2, 0.25) is 0 Å². The maximum atomic E-state index is 12.2. The SMILES string of the molecule is CNCC(C)C(=O)NC1CC(C)(C)Cc2oc(C)cc21. The number of fused-ring (bicyclic) bond motifs is 1. The van der Waals surface area contributed by atoms with E-state index in [9.17, 15) is 4.79 Å². The summed E-state index contributed by atoms with van der Waals surface area (Å²) >= 11 is 0. The van der Waals surface area contributed by atoms with Crippen molar-refractivity contribution < 1.29 is 9.21 Å². The Hall–Kier alpha value is -1.29. The third kappa shape index (κ3) is 3.23. The molecule has 2 unspecified atom stereocenters. The average Bonchev–Trinajstić information content (AvgIpc) is 2.68. The van der Waals surface area contributed by atoms with Crippen LogP contribution in [-0.4, -0.2) is 19.5 Å². The van der Waals surface area contributed by atoms with Gasteiger partial charge >= 0.3 is 0 Å². The Labute approximate surface area is 121 Å². The van der Waals surface area contributed by atoms with Gasteiger partial charge in [0.05, 0.1) is 6.04 Å². The molecule has 0 radical (unpaired) electrons. The largest absolute Gasteiger partial charge is 0.466 e. The van der Waals surface area contributed by atoms with E-state index in [1.807, 2.05) is 20.9 Å². The molecule has 1 amide bonds. The fourth-order valence-electron chi connectivity index (χ4n) is 3.03. The fraction of sp³-hybridized carbons (Fsp3) is 0.688. The van der Waals surface area contributed by atoms with Crippen molar-refractivity contribution in [2.75, 3.05) is 13.6 Å². The second-order valence-electron chi connectivity index (χ2n) is 6.80. The van der Waals surface area contributed by atoms with Gasteiger partial charge in [0, 0.05) is 24.4 Å². The van der Waals surface area contributed by atoms with Crippen LogP contribution in [0, 0.1) is 18.3 Å². The van der Waals surface area contributed by atoms with Gasteiger partial charge in [-0.15, -0.1) is 0 Å². The molecule has 2 atom stereocenters. The van der Waals surface area contributed by atoms with Gasteiger partial charge < -0.3 is 15.1 Å². The van der Waals surface area contributed by atoms with E-state index in [4.69, 9.17) is 4.42 Å². The molecule has 0 saturated heterocycles. The standard InChI is InChI=1S/C16H26N2O2/c1-10(9-17-5)15(19)18-13-7-16(3,4)8-14-12(13)6-11(2)20-14/h6,10,13,17H,7-9H2,1-5H3,(H,18,19). The van der Waals surface area contributed by atoms with Crippen LogP contribution in [0.4, 0.5) is 0 Å². The van der Waals surface area contributed by atoms with E-state index in [-0.39, 0.29) is 23.3 Å². The van der Waals surface area contributed by atoms with E-state index in [0.717, 1.165) is 29.9 Å². The molecule has 0 saturated carbocycles. The lowest BCUT2D eigenvalue weighted by Crippen LogP contribution is -2.40. The number of hydrogen-bond donors (Lipinski definition) is 2. The Morgan fingerprint density at radius 2 is 2.25 bits per heavy atom. The topological polar surface area (TPSA) is 54.3 Å². The minimum absolute atomic E-state index is 0.0264. The highest BCUT2D eigenvalue weighted by atomic mass is 16.3. The Bertz CT molecular complexity index is 491. The third-order valence-electron chi connectivity index (χ3n) is 4.01. The third-order valence-corrected chi connectivity index (χ3v) is 4.01. The monoisotopic (exact) mass is 278 g/mol. The second kappa shape index (κ2) is 5.60. The van der Waals surface area contributed by atoms with Gasteiger partial charge in [0.25, 0.3) is 0 Å². The second-order valence-corrected chi connectivity index (χ2v) is 6.80. The van der Waals surface area contributed by atoms with E-state index >= 15 is 0 Å². The summed E-state index contributed by atoms with van der Waals surface area (Å²) in [6.07, 6.45) is 1.89. The lowest BCUT2D eigenvalue weighted by molar-refractivity contribution is -0.125. The zero-order chi connectivity index (χ0) is 14.9. The van der Waals surface area contributed by atoms with Gasteiger partial charge in [0.2, 0.25) is 5.91 Å². The summed E-state index contributed by atoms with van der Waals surface area (Å²) in [5.41, 5.74) is 1.31. The van der Waals surface area contributed by atoms with Crippen molar-refractivity contribution >= 4 is 5.91 Å². The summed E-state index contributed by atoms with van der Waals surface area (Å²) in [7, 11) is 1.87. The van der Waals surface area contributed by atoms with Gasteiger partial charge in [-0.05, 0) is 31.9 Å². The Morgan fingerprint density at radius 1 is 1.55 bits per heavy atom. The summed E-state index contributed by atoms with van der Waals surface area (Å²) in [4.78, 5) is 12.2. The van der Waals surface area contributed by atoms with Crippen molar-refractivity contribution in [1.29, 1.82) is 0 Å². The van der Waals surface area contributed by atoms with Gasteiger partial charge in [0.1, 0.15) is 11.5 Å². The molecular formula is C16H26N2O2. The number of hydrogen-bond acceptors (Lipinski definition) is 3. The van der Waals surface area contributed by atoms with E-state index in [1.165, 1.54) is 0 Å². The minimum Gasteiger partial charge on any atom is -0.466 e. The molecule has 4 nitrogen and oxygen atoms in total. The highest BCUT2D eigenvalue weighted by molar-refractivity contribution is 5.79. The predicted octanol–water partition coefficient (Wildman–Crippen LogP) is 2.57. The van der Waals surface area contributed by atoms with Crippen LogP contribution in [0.3, 0.4) is 0 Å². The molecule has 1 aromatic heterocycles. The first-order chi connectivity index (χ1) is 9.32. The lowest BCUT2D eigenvalue weighted by Gasteiger charge is -2.35. The van der Waals surface area contributed by atoms with Gasteiger partial charge in [-0.25, -0.2) is 0 Å². The van der Waals surface area contributed by atoms with E-state index < -0.39 is 0 Å². The molecule has 0 bridgehead atoms. The van der Waals surface area contributed by atoms with Crippen molar-refractivity contribution in [2.45, 2.75) is 46.6 Å². The number of rotatable bonds is 4. The van der Waals surface area contributed by atoms with Crippen LogP contribution in [0.25, 0.3) is 0 Å². The van der Waals surface area contributed by atoms with Crippen molar-refractivity contribution in [3.63, 3.8) is 0 Å². The molecule has 2 rings (SSSR count). The summed E-state index contributed by atoms with van der Waals surface area (Å²) in [5, 5.41) is 6.24. The van der Waals surface area contributed by atoms with Crippen molar-refractivity contribution in [3.05, 3.63) is 23.2 Å². The fourth-order valence-corrected chi connectivity index (χ4v) is 3.03. The maximum absolute atomic E-state index is 12.2. The van der Waals surface area contributed by atoms with Crippen LogP contribution in [0.1, 0.15) is 50.3 Å². The summed E-state index contributed by atoms with van der Waals surface area (Å²) < 4.78 is 5.80. The van der Waals surface area contributed by atoms with Gasteiger partial charge in [-0.2, -0.15) is 0 Å². The minimum atomic E-state index is -0.0264. The Balaban J connectivity index is 2.17. The van der Waals surface area contributed by atoms with Gasteiger partial charge in [-0.1, -0.05) is 20.8 Å². The normalized spacial score (nSPS) is 22.1. The molecule has 1 aliphatic rings. The van der Waals surface area contributed by atoms with Crippen LogP contribution in [-0.2, 0) is 11.2 Å². The van der Waals surface area contributed by atoms with E-state index in [0.29, 0.717) is 6.54 Å². The number of aryl methyl sites for hydroxylation is 1. The Morgan fingerprint density at radius 3 is 2.90 bits per heavy atom. The smallest absolute Gasteiger partial charge is 0.224 e. The molecule has 112 valence electrons. The highest BCUT2D eigenvalue weighted by Crippen LogP contribution is 2.42. The molecule has 0 aromatic carbocycles. The first-order valence-corrected chi connectivity index (χ1v) is 7.36. The van der Waals surface area contributed by atoms with Gasteiger partial charge in [-0.3, -0.25) is 4.79 Å². The van der Waals surface area contributed by atoms with Gasteiger partial charge in [0.15, 0.2) is 0 Å². The number of carbonyl (C=O) groups excluding carboxylic acids is 1. The molecular weight excluding hydrogens is 252 g/mol.